The van der Waals surface area contributed by atoms with Gasteiger partial charge in [-0.2, -0.15) is 18.2 Å². The predicted molar refractivity (Wildman–Crippen MR) is 183 cm³/mol. The molecule has 2 N–H and O–H groups in total. The summed E-state index contributed by atoms with van der Waals surface area (Å²) in [6.45, 7) is 7.95. The number of hydrogen-bond donors (Lipinski definition) is 2. The van der Waals surface area contributed by atoms with Crippen LogP contribution in [-0.2, 0) is 10.0 Å². The van der Waals surface area contributed by atoms with Crippen molar-refractivity contribution in [3.8, 4) is 17.1 Å². The number of benzene rings is 2. The fraction of sp³-hybridized carbons (Fsp3) is 0.528. The van der Waals surface area contributed by atoms with Gasteiger partial charge in [-0.3, -0.25) is 9.69 Å². The van der Waals surface area contributed by atoms with Crippen LogP contribution < -0.4 is 14.8 Å². The number of nitrogens with zero attached hydrogens (tertiary/aromatic N) is 3. The van der Waals surface area contributed by atoms with E-state index in [1.807, 2.05) is 39.1 Å². The smallest absolute Gasteiger partial charge is 0.394 e. The highest BCUT2D eigenvalue weighted by Crippen LogP contribution is 2.61. The average molecular weight is 702 g/mol. The van der Waals surface area contributed by atoms with Crippen LogP contribution in [0.15, 0.2) is 53.4 Å². The molecular weight excluding hydrogens is 655 g/mol. The molecule has 1 atom stereocenters. The number of hydrogen-bond acceptors (Lipinski definition) is 8. The molecule has 49 heavy (non-hydrogen) atoms. The fourth-order valence-corrected chi connectivity index (χ4v) is 7.95. The Balaban J connectivity index is 1.45. The van der Waals surface area contributed by atoms with Crippen LogP contribution >= 0.6 is 0 Å². The van der Waals surface area contributed by atoms with Gasteiger partial charge in [-0.25, -0.2) is 18.1 Å². The average Bonchev–Trinajstić information content (AvgIpc) is 3.84. The van der Waals surface area contributed by atoms with Crippen molar-refractivity contribution in [1.29, 1.82) is 0 Å². The quantitative estimate of drug-likeness (QED) is 0.171. The number of aryl methyl sites for hydroxylation is 2. The van der Waals surface area contributed by atoms with Gasteiger partial charge in [0.2, 0.25) is 11.8 Å². The number of anilines is 1. The molecule has 5 rings (SSSR count). The number of halogens is 3. The van der Waals surface area contributed by atoms with Crippen LogP contribution in [0.3, 0.4) is 0 Å². The topological polar surface area (TPSA) is 114 Å². The predicted octanol–water partition coefficient (Wildman–Crippen LogP) is 7.09. The van der Waals surface area contributed by atoms with Gasteiger partial charge in [0.05, 0.1) is 16.0 Å². The fourth-order valence-electron chi connectivity index (χ4n) is 6.95. The normalized spacial score (nSPS) is 19.9. The van der Waals surface area contributed by atoms with Crippen molar-refractivity contribution < 1.29 is 31.1 Å². The summed E-state index contributed by atoms with van der Waals surface area (Å²) in [6, 6.07) is 13.1. The SMILES string of the molecule is Cc1cccc(C)c1-c1cc(OC[C@@H](CC2(C(F)(F)F)CC2)N(C)[C@H]2CC[C@H](NC(C)C)CC2)nc(NS(=O)(=O)c2cccc(C=O)c2)n1. The minimum atomic E-state index is -4.32. The first kappa shape index (κ1) is 36.7. The van der Waals surface area contributed by atoms with E-state index in [1.165, 1.54) is 24.3 Å². The summed E-state index contributed by atoms with van der Waals surface area (Å²) < 4.78 is 78.1. The number of nitrogens with one attached hydrogen (secondary N) is 2. The third-order valence-electron chi connectivity index (χ3n) is 9.89. The molecule has 0 radical (unpaired) electrons. The van der Waals surface area contributed by atoms with Gasteiger partial charge in [0, 0.05) is 41.4 Å². The third kappa shape index (κ3) is 8.79. The summed E-state index contributed by atoms with van der Waals surface area (Å²) in [5.41, 5.74) is 1.38. The van der Waals surface area contributed by atoms with Gasteiger partial charge >= 0.3 is 6.18 Å². The molecule has 1 aromatic heterocycles. The van der Waals surface area contributed by atoms with E-state index in [-0.39, 0.29) is 54.2 Å². The van der Waals surface area contributed by atoms with Crippen molar-refractivity contribution in [2.24, 2.45) is 5.41 Å². The maximum Gasteiger partial charge on any atom is 0.394 e. The van der Waals surface area contributed by atoms with Crippen LogP contribution in [-0.4, -0.2) is 73.6 Å². The summed E-state index contributed by atoms with van der Waals surface area (Å²) in [6.07, 6.45) is -0.0862. The van der Waals surface area contributed by atoms with Gasteiger partial charge in [0.25, 0.3) is 10.0 Å². The van der Waals surface area contributed by atoms with Crippen molar-refractivity contribution in [1.82, 2.24) is 20.2 Å². The molecule has 2 saturated carbocycles. The lowest BCUT2D eigenvalue weighted by Crippen LogP contribution is -2.49. The largest absolute Gasteiger partial charge is 0.476 e. The summed E-state index contributed by atoms with van der Waals surface area (Å²) in [5.74, 6) is -0.228. The standard InChI is InChI=1S/C36H46F3N5O4S/c1-23(2)40-27-12-14-28(15-13-27)44(5)29(20-35(16-17-35)36(37,38)39)22-48-32-19-31(33-24(3)8-6-9-25(33)4)41-34(42-32)43-49(46,47)30-11-7-10-26(18-30)21-45/h6-11,18-19,21,23,27-29,40H,12-17,20,22H2,1-5H3,(H,41,42,43)/t27-,28-,29-/m1/s1. The third-order valence-corrected chi connectivity index (χ3v) is 11.2. The number of carbonyl (C=O) groups excluding carboxylic acids is 1. The van der Waals surface area contributed by atoms with Gasteiger partial charge < -0.3 is 10.1 Å². The molecule has 2 aromatic carbocycles. The zero-order chi connectivity index (χ0) is 35.6. The molecule has 13 heteroatoms. The minimum absolute atomic E-state index is 0.0343. The van der Waals surface area contributed by atoms with Crippen LogP contribution in [0.1, 0.15) is 80.3 Å². The van der Waals surface area contributed by atoms with Gasteiger partial charge in [0.15, 0.2) is 0 Å². The second-order valence-electron chi connectivity index (χ2n) is 13.9. The zero-order valence-corrected chi connectivity index (χ0v) is 29.5. The number of aldehydes is 1. The lowest BCUT2D eigenvalue weighted by Gasteiger charge is -2.41. The molecule has 0 bridgehead atoms. The van der Waals surface area contributed by atoms with Gasteiger partial charge in [-0.1, -0.05) is 44.2 Å². The van der Waals surface area contributed by atoms with E-state index in [1.54, 1.807) is 6.07 Å². The van der Waals surface area contributed by atoms with Gasteiger partial charge in [-0.15, -0.1) is 0 Å². The van der Waals surface area contributed by atoms with E-state index in [9.17, 15) is 26.4 Å². The van der Waals surface area contributed by atoms with E-state index >= 15 is 0 Å². The highest BCUT2D eigenvalue weighted by Gasteiger charge is 2.63. The molecule has 2 fully saturated rings. The summed E-state index contributed by atoms with van der Waals surface area (Å²) in [7, 11) is -2.33. The van der Waals surface area contributed by atoms with Crippen molar-refractivity contribution in [2.75, 3.05) is 18.4 Å². The van der Waals surface area contributed by atoms with E-state index in [2.05, 4.69) is 38.8 Å². The Morgan fingerprint density at radius 1 is 1.02 bits per heavy atom. The Morgan fingerprint density at radius 2 is 1.67 bits per heavy atom. The summed E-state index contributed by atoms with van der Waals surface area (Å²) in [4.78, 5) is 22.1. The molecule has 3 aromatic rings. The lowest BCUT2D eigenvalue weighted by molar-refractivity contribution is -0.193. The summed E-state index contributed by atoms with van der Waals surface area (Å²) >= 11 is 0. The first-order chi connectivity index (χ1) is 23.1. The number of rotatable bonds is 14. The molecule has 266 valence electrons. The molecule has 1 heterocycles. The molecular formula is C36H46F3N5O4S. The van der Waals surface area contributed by atoms with Crippen molar-refractivity contribution >= 4 is 22.3 Å². The minimum Gasteiger partial charge on any atom is -0.476 e. The van der Waals surface area contributed by atoms with Crippen LogP contribution in [0.5, 0.6) is 5.88 Å². The van der Waals surface area contributed by atoms with E-state index in [4.69, 9.17) is 4.74 Å². The number of sulfonamides is 1. The molecule has 2 aliphatic carbocycles. The highest BCUT2D eigenvalue weighted by molar-refractivity contribution is 7.92. The number of carbonyl (C=O) groups is 1. The van der Waals surface area contributed by atoms with Crippen LogP contribution in [0.2, 0.25) is 0 Å². The molecule has 0 unspecified atom stereocenters. The Bertz CT molecular complexity index is 1720. The van der Waals surface area contributed by atoms with Crippen molar-refractivity contribution in [2.45, 2.75) is 108 Å². The number of likely N-dealkylation sites (N-methyl/N-ethyl adjacent to an activating group) is 1. The van der Waals surface area contributed by atoms with Crippen molar-refractivity contribution in [3.63, 3.8) is 0 Å². The molecule has 0 spiro atoms. The first-order valence-corrected chi connectivity index (χ1v) is 18.3. The molecule has 0 aliphatic heterocycles. The molecule has 0 saturated heterocycles. The van der Waals surface area contributed by atoms with E-state index in [0.717, 1.165) is 42.4 Å². The van der Waals surface area contributed by atoms with E-state index < -0.39 is 27.7 Å². The second-order valence-corrected chi connectivity index (χ2v) is 15.6. The van der Waals surface area contributed by atoms with Crippen LogP contribution in [0, 0.1) is 19.3 Å². The molecule has 9 nitrogen and oxygen atoms in total. The second kappa shape index (κ2) is 14.7. The molecule has 0 amide bonds. The maximum absolute atomic E-state index is 14.2. The monoisotopic (exact) mass is 701 g/mol. The van der Waals surface area contributed by atoms with Gasteiger partial charge in [-0.05, 0) is 89.1 Å². The highest BCUT2D eigenvalue weighted by atomic mass is 32.2. The lowest BCUT2D eigenvalue weighted by atomic mass is 9.87. The van der Waals surface area contributed by atoms with Crippen molar-refractivity contribution in [3.05, 3.63) is 65.2 Å². The zero-order valence-electron chi connectivity index (χ0n) is 28.7. The van der Waals surface area contributed by atoms with E-state index in [0.29, 0.717) is 24.1 Å². The number of alkyl halides is 3. The summed E-state index contributed by atoms with van der Waals surface area (Å²) in [5, 5.41) is 3.58. The maximum atomic E-state index is 14.2. The van der Waals surface area contributed by atoms with Crippen LogP contribution in [0.4, 0.5) is 19.1 Å². The number of ether oxygens (including phenoxy) is 1. The number of aromatic nitrogens is 2. The van der Waals surface area contributed by atoms with Gasteiger partial charge in [0.1, 0.15) is 12.9 Å². The molecule has 2 aliphatic rings. The Kier molecular flexibility index (Phi) is 11.0. The Morgan fingerprint density at radius 3 is 2.27 bits per heavy atom. The van der Waals surface area contributed by atoms with Crippen LogP contribution in [0.25, 0.3) is 11.3 Å². The first-order valence-electron chi connectivity index (χ1n) is 16.8. The Hall–Kier alpha value is -3.55. The Labute approximate surface area is 287 Å².